The first-order chi connectivity index (χ1) is 5.66. The Balaban J connectivity index is 3.18. The zero-order valence-electron chi connectivity index (χ0n) is 6.71. The van der Waals surface area contributed by atoms with Gasteiger partial charge >= 0.3 is 0 Å². The second kappa shape index (κ2) is 3.33. The molecule has 1 rings (SSSR count). The lowest BCUT2D eigenvalue weighted by Gasteiger charge is -2.06. The van der Waals surface area contributed by atoms with Crippen LogP contribution >= 0.6 is 0 Å². The lowest BCUT2D eigenvalue weighted by Crippen LogP contribution is -2.09. The molecule has 1 atom stereocenters. The van der Waals surface area contributed by atoms with E-state index in [-0.39, 0.29) is 5.82 Å². The molecule has 0 bridgehead atoms. The second-order valence-corrected chi connectivity index (χ2v) is 2.56. The highest BCUT2D eigenvalue weighted by Gasteiger charge is 2.09. The molecule has 2 nitrogen and oxygen atoms in total. The lowest BCUT2D eigenvalue weighted by atomic mass is 10.0. The van der Waals surface area contributed by atoms with Crippen molar-refractivity contribution in [2.24, 2.45) is 5.73 Å². The summed E-state index contributed by atoms with van der Waals surface area (Å²) in [5.74, 6) is -0.321. The number of nitrogens with two attached hydrogens (primary N) is 1. The number of hydrogen-bond donors (Lipinski definition) is 1. The molecule has 1 unspecified atom stereocenters. The van der Waals surface area contributed by atoms with Gasteiger partial charge in [-0.15, -0.1) is 0 Å². The summed E-state index contributed by atoms with van der Waals surface area (Å²) < 4.78 is 12.9. The molecule has 0 fully saturated rings. The van der Waals surface area contributed by atoms with Gasteiger partial charge in [0.1, 0.15) is 11.9 Å². The number of benzene rings is 1. The van der Waals surface area contributed by atoms with Gasteiger partial charge in [0.25, 0.3) is 0 Å². The van der Waals surface area contributed by atoms with E-state index < -0.39 is 6.04 Å². The molecule has 0 aliphatic heterocycles. The third-order valence-electron chi connectivity index (χ3n) is 1.78. The Morgan fingerprint density at radius 1 is 1.58 bits per heavy atom. The van der Waals surface area contributed by atoms with Gasteiger partial charge in [-0.3, -0.25) is 0 Å². The van der Waals surface area contributed by atoms with Crippen molar-refractivity contribution in [1.82, 2.24) is 0 Å². The summed E-state index contributed by atoms with van der Waals surface area (Å²) in [6.45, 7) is 1.61. The summed E-state index contributed by atoms with van der Waals surface area (Å²) in [5, 5.41) is 8.51. The van der Waals surface area contributed by atoms with E-state index in [1.165, 1.54) is 6.07 Å². The van der Waals surface area contributed by atoms with Gasteiger partial charge in [-0.25, -0.2) is 4.39 Å². The van der Waals surface area contributed by atoms with Crippen LogP contribution in [-0.4, -0.2) is 0 Å². The van der Waals surface area contributed by atoms with Gasteiger partial charge < -0.3 is 5.73 Å². The summed E-state index contributed by atoms with van der Waals surface area (Å²) >= 11 is 0. The van der Waals surface area contributed by atoms with Crippen LogP contribution in [0.4, 0.5) is 4.39 Å². The lowest BCUT2D eigenvalue weighted by molar-refractivity contribution is 0.614. The molecule has 0 spiro atoms. The van der Waals surface area contributed by atoms with Crippen molar-refractivity contribution < 1.29 is 4.39 Å². The molecule has 0 aromatic heterocycles. The Hall–Kier alpha value is -1.40. The average Bonchev–Trinajstić information content (AvgIpc) is 2.08. The van der Waals surface area contributed by atoms with Crippen molar-refractivity contribution in [3.8, 4) is 6.07 Å². The molecular weight excluding hydrogens is 155 g/mol. The van der Waals surface area contributed by atoms with E-state index in [1.54, 1.807) is 19.1 Å². The molecule has 0 aliphatic rings. The smallest absolute Gasteiger partial charge is 0.126 e. The largest absolute Gasteiger partial charge is 0.312 e. The Bertz CT molecular complexity index is 328. The summed E-state index contributed by atoms with van der Waals surface area (Å²) in [6, 6.07) is 5.68. The summed E-state index contributed by atoms with van der Waals surface area (Å²) in [4.78, 5) is 0. The van der Waals surface area contributed by atoms with Gasteiger partial charge in [0.2, 0.25) is 0 Å². The quantitative estimate of drug-likeness (QED) is 0.686. The molecular formula is C9H9FN2. The first kappa shape index (κ1) is 8.69. The van der Waals surface area contributed by atoms with Gasteiger partial charge in [0, 0.05) is 0 Å². The maximum Gasteiger partial charge on any atom is 0.126 e. The fourth-order valence-corrected chi connectivity index (χ4v) is 1.03. The monoisotopic (exact) mass is 164 g/mol. The summed E-state index contributed by atoms with van der Waals surface area (Å²) in [5.41, 5.74) is 6.44. The van der Waals surface area contributed by atoms with Crippen LogP contribution in [0.25, 0.3) is 0 Å². The van der Waals surface area contributed by atoms with Crippen LogP contribution in [0.15, 0.2) is 18.2 Å². The van der Waals surface area contributed by atoms with Crippen LogP contribution in [0.1, 0.15) is 17.2 Å². The number of hydrogen-bond acceptors (Lipinski definition) is 2. The van der Waals surface area contributed by atoms with E-state index in [0.717, 1.165) is 0 Å². The van der Waals surface area contributed by atoms with Gasteiger partial charge in [-0.1, -0.05) is 12.1 Å². The molecule has 1 aromatic rings. The second-order valence-electron chi connectivity index (χ2n) is 2.56. The highest BCUT2D eigenvalue weighted by molar-refractivity contribution is 5.32. The van der Waals surface area contributed by atoms with Crippen LogP contribution in [0.2, 0.25) is 0 Å². The van der Waals surface area contributed by atoms with Crippen LogP contribution in [0.3, 0.4) is 0 Å². The number of nitrogens with zero attached hydrogens (tertiary/aromatic N) is 1. The minimum Gasteiger partial charge on any atom is -0.312 e. The van der Waals surface area contributed by atoms with E-state index in [2.05, 4.69) is 0 Å². The highest BCUT2D eigenvalue weighted by atomic mass is 19.1. The van der Waals surface area contributed by atoms with Crippen molar-refractivity contribution in [3.63, 3.8) is 0 Å². The molecule has 0 amide bonds. The van der Waals surface area contributed by atoms with Crippen molar-refractivity contribution in [3.05, 3.63) is 35.1 Å². The summed E-state index contributed by atoms with van der Waals surface area (Å²) in [7, 11) is 0. The molecule has 0 saturated heterocycles. The average molecular weight is 164 g/mol. The molecule has 62 valence electrons. The van der Waals surface area contributed by atoms with E-state index in [0.29, 0.717) is 11.1 Å². The predicted molar refractivity (Wildman–Crippen MR) is 43.7 cm³/mol. The third-order valence-corrected chi connectivity index (χ3v) is 1.78. The Morgan fingerprint density at radius 3 is 2.83 bits per heavy atom. The number of rotatable bonds is 1. The SMILES string of the molecule is Cc1c(F)cccc1C(N)C#N. The fourth-order valence-electron chi connectivity index (χ4n) is 1.03. The van der Waals surface area contributed by atoms with E-state index in [1.807, 2.05) is 6.07 Å². The Labute approximate surface area is 70.4 Å². The topological polar surface area (TPSA) is 49.8 Å². The maximum atomic E-state index is 12.9. The van der Waals surface area contributed by atoms with Crippen LogP contribution in [-0.2, 0) is 0 Å². The first-order valence-electron chi connectivity index (χ1n) is 3.57. The van der Waals surface area contributed by atoms with Crippen molar-refractivity contribution >= 4 is 0 Å². The first-order valence-corrected chi connectivity index (χ1v) is 3.57. The highest BCUT2D eigenvalue weighted by Crippen LogP contribution is 2.17. The predicted octanol–water partition coefficient (Wildman–Crippen LogP) is 1.66. The van der Waals surface area contributed by atoms with Crippen molar-refractivity contribution in [1.29, 1.82) is 5.26 Å². The van der Waals surface area contributed by atoms with Crippen LogP contribution in [0, 0.1) is 24.1 Å². The number of nitriles is 1. The van der Waals surface area contributed by atoms with Crippen LogP contribution < -0.4 is 5.73 Å². The molecule has 12 heavy (non-hydrogen) atoms. The zero-order chi connectivity index (χ0) is 9.14. The molecule has 2 N–H and O–H groups in total. The van der Waals surface area contributed by atoms with Crippen molar-refractivity contribution in [2.45, 2.75) is 13.0 Å². The van der Waals surface area contributed by atoms with Crippen LogP contribution in [0.5, 0.6) is 0 Å². The van der Waals surface area contributed by atoms with Gasteiger partial charge in [-0.2, -0.15) is 5.26 Å². The Morgan fingerprint density at radius 2 is 2.25 bits per heavy atom. The standard InChI is InChI=1S/C9H9FN2/c1-6-7(9(12)5-11)3-2-4-8(6)10/h2-4,9H,12H2,1H3. The molecule has 0 heterocycles. The zero-order valence-corrected chi connectivity index (χ0v) is 6.71. The maximum absolute atomic E-state index is 12.9. The molecule has 3 heteroatoms. The normalized spacial score (nSPS) is 12.2. The fraction of sp³-hybridized carbons (Fsp3) is 0.222. The van der Waals surface area contributed by atoms with Gasteiger partial charge in [0.15, 0.2) is 0 Å². The molecule has 0 aliphatic carbocycles. The minimum absolute atomic E-state index is 0.321. The third kappa shape index (κ3) is 1.44. The molecule has 1 aromatic carbocycles. The van der Waals surface area contributed by atoms with Crippen molar-refractivity contribution in [2.75, 3.05) is 0 Å². The summed E-state index contributed by atoms with van der Waals surface area (Å²) in [6.07, 6.45) is 0. The van der Waals surface area contributed by atoms with E-state index >= 15 is 0 Å². The number of halogens is 1. The van der Waals surface area contributed by atoms with E-state index in [9.17, 15) is 4.39 Å². The van der Waals surface area contributed by atoms with Gasteiger partial charge in [0.05, 0.1) is 6.07 Å². The Kier molecular flexibility index (Phi) is 2.41. The molecule has 0 saturated carbocycles. The van der Waals surface area contributed by atoms with Gasteiger partial charge in [-0.05, 0) is 24.1 Å². The molecule has 0 radical (unpaired) electrons. The van der Waals surface area contributed by atoms with E-state index in [4.69, 9.17) is 11.0 Å². The minimum atomic E-state index is -0.735.